The molecule has 0 aromatic rings. The van der Waals surface area contributed by atoms with E-state index >= 15 is 0 Å². The minimum absolute atomic E-state index is 0.0273. The van der Waals surface area contributed by atoms with Crippen LogP contribution in [0.5, 0.6) is 0 Å². The Labute approximate surface area is 145 Å². The molecule has 0 aromatic carbocycles. The van der Waals surface area contributed by atoms with Crippen molar-refractivity contribution >= 4 is 12.2 Å². The molecule has 0 saturated carbocycles. The van der Waals surface area contributed by atoms with Crippen LogP contribution < -0.4 is 5.32 Å². The molecule has 0 atom stereocenters. The molecule has 0 saturated heterocycles. The van der Waals surface area contributed by atoms with Crippen molar-refractivity contribution in [2.24, 2.45) is 0 Å². The van der Waals surface area contributed by atoms with Gasteiger partial charge in [0.1, 0.15) is 11.2 Å². The van der Waals surface area contributed by atoms with E-state index in [0.29, 0.717) is 26.1 Å². The molecule has 2 amide bonds. The molecule has 142 valence electrons. The van der Waals surface area contributed by atoms with Crippen LogP contribution in [0.15, 0.2) is 0 Å². The molecule has 0 aromatic heterocycles. The Kier molecular flexibility index (Phi) is 9.73. The Morgan fingerprint density at radius 3 is 1.96 bits per heavy atom. The zero-order valence-corrected chi connectivity index (χ0v) is 16.0. The van der Waals surface area contributed by atoms with Gasteiger partial charge in [0.2, 0.25) is 0 Å². The van der Waals surface area contributed by atoms with Gasteiger partial charge in [-0.25, -0.2) is 9.59 Å². The number of aliphatic hydroxyl groups is 1. The molecule has 0 aliphatic carbocycles. The molecule has 0 heterocycles. The van der Waals surface area contributed by atoms with Crippen molar-refractivity contribution in [3.63, 3.8) is 0 Å². The number of alkyl carbamates (subject to hydrolysis) is 1. The Hall–Kier alpha value is -1.50. The lowest BCUT2D eigenvalue weighted by molar-refractivity contribution is 0.0235. The lowest BCUT2D eigenvalue weighted by Gasteiger charge is -2.27. The maximum absolute atomic E-state index is 12.1. The van der Waals surface area contributed by atoms with Crippen LogP contribution in [-0.2, 0) is 9.47 Å². The van der Waals surface area contributed by atoms with E-state index in [1.165, 1.54) is 0 Å². The highest BCUT2D eigenvalue weighted by atomic mass is 16.6. The first-order valence-corrected chi connectivity index (χ1v) is 8.50. The van der Waals surface area contributed by atoms with Crippen LogP contribution >= 0.6 is 0 Å². The van der Waals surface area contributed by atoms with Gasteiger partial charge >= 0.3 is 12.2 Å². The number of hydrogen-bond acceptors (Lipinski definition) is 5. The summed E-state index contributed by atoms with van der Waals surface area (Å²) in [5, 5.41) is 11.6. The molecule has 0 radical (unpaired) electrons. The summed E-state index contributed by atoms with van der Waals surface area (Å²) in [5.74, 6) is 0. The van der Waals surface area contributed by atoms with E-state index < -0.39 is 17.3 Å². The fourth-order valence-corrected chi connectivity index (χ4v) is 1.81. The van der Waals surface area contributed by atoms with Gasteiger partial charge in [-0.15, -0.1) is 0 Å². The van der Waals surface area contributed by atoms with Gasteiger partial charge in [0.15, 0.2) is 0 Å². The van der Waals surface area contributed by atoms with E-state index in [1.54, 1.807) is 4.90 Å². The maximum atomic E-state index is 12.1. The summed E-state index contributed by atoms with van der Waals surface area (Å²) >= 11 is 0. The Morgan fingerprint density at radius 2 is 1.46 bits per heavy atom. The van der Waals surface area contributed by atoms with Gasteiger partial charge in [0.05, 0.1) is 0 Å². The number of nitrogens with zero attached hydrogens (tertiary/aromatic N) is 1. The zero-order chi connectivity index (χ0) is 18.8. The van der Waals surface area contributed by atoms with E-state index in [1.807, 2.05) is 41.5 Å². The predicted octanol–water partition coefficient (Wildman–Crippen LogP) is 2.91. The third-order valence-electron chi connectivity index (χ3n) is 2.76. The first-order valence-electron chi connectivity index (χ1n) is 8.50. The number of ether oxygens (including phenoxy) is 2. The van der Waals surface area contributed by atoms with Gasteiger partial charge in [-0.2, -0.15) is 0 Å². The van der Waals surface area contributed by atoms with E-state index in [0.717, 1.165) is 12.8 Å². The van der Waals surface area contributed by atoms with Gasteiger partial charge < -0.3 is 24.8 Å². The van der Waals surface area contributed by atoms with Crippen LogP contribution in [0.25, 0.3) is 0 Å². The predicted molar refractivity (Wildman–Crippen MR) is 93.0 cm³/mol. The topological polar surface area (TPSA) is 88.1 Å². The number of nitrogens with one attached hydrogen (secondary N) is 1. The normalized spacial score (nSPS) is 11.8. The number of amides is 2. The van der Waals surface area contributed by atoms with E-state index in [2.05, 4.69) is 5.32 Å². The first kappa shape index (κ1) is 22.5. The second-order valence-corrected chi connectivity index (χ2v) is 7.68. The molecule has 0 unspecified atom stereocenters. The van der Waals surface area contributed by atoms with Gasteiger partial charge in [0.25, 0.3) is 0 Å². The van der Waals surface area contributed by atoms with Crippen LogP contribution in [-0.4, -0.2) is 59.6 Å². The van der Waals surface area contributed by atoms with E-state index in [-0.39, 0.29) is 12.7 Å². The number of rotatable bonds is 8. The lowest BCUT2D eigenvalue weighted by atomic mass is 10.2. The van der Waals surface area contributed by atoms with Crippen molar-refractivity contribution < 1.29 is 24.2 Å². The minimum atomic E-state index is -0.549. The lowest BCUT2D eigenvalue weighted by Crippen LogP contribution is -2.38. The molecule has 2 N–H and O–H groups in total. The molecule has 0 fully saturated rings. The second kappa shape index (κ2) is 10.4. The maximum Gasteiger partial charge on any atom is 0.410 e. The Bertz CT molecular complexity index is 385. The molecule has 24 heavy (non-hydrogen) atoms. The summed E-state index contributed by atoms with van der Waals surface area (Å²) in [6, 6.07) is 0. The standard InChI is InChI=1S/C17H34N2O5/c1-16(2,3)23-14(21)18-10-7-8-11-19(12-9-13-20)15(22)24-17(4,5)6/h20H,7-13H2,1-6H3,(H,18,21). The van der Waals surface area contributed by atoms with Crippen molar-refractivity contribution in [1.29, 1.82) is 0 Å². The van der Waals surface area contributed by atoms with Crippen LogP contribution in [0.2, 0.25) is 0 Å². The second-order valence-electron chi connectivity index (χ2n) is 7.68. The van der Waals surface area contributed by atoms with Crippen LogP contribution in [0.3, 0.4) is 0 Å². The molecule has 0 aliphatic heterocycles. The van der Waals surface area contributed by atoms with Gasteiger partial charge in [0, 0.05) is 26.2 Å². The Balaban J connectivity index is 4.15. The Morgan fingerprint density at radius 1 is 0.917 bits per heavy atom. The summed E-state index contributed by atoms with van der Waals surface area (Å²) in [6.45, 7) is 12.4. The van der Waals surface area contributed by atoms with E-state index in [4.69, 9.17) is 14.6 Å². The molecule has 0 bridgehead atoms. The fourth-order valence-electron chi connectivity index (χ4n) is 1.81. The highest BCUT2D eigenvalue weighted by Gasteiger charge is 2.21. The largest absolute Gasteiger partial charge is 0.444 e. The van der Waals surface area contributed by atoms with Crippen molar-refractivity contribution in [1.82, 2.24) is 10.2 Å². The highest BCUT2D eigenvalue weighted by Crippen LogP contribution is 2.11. The van der Waals surface area contributed by atoms with Crippen molar-refractivity contribution in [2.75, 3.05) is 26.2 Å². The van der Waals surface area contributed by atoms with Gasteiger partial charge in [-0.05, 0) is 60.8 Å². The molecular formula is C17H34N2O5. The third-order valence-corrected chi connectivity index (χ3v) is 2.76. The summed E-state index contributed by atoms with van der Waals surface area (Å²) in [7, 11) is 0. The number of aliphatic hydroxyl groups excluding tert-OH is 1. The molecule has 0 aliphatic rings. The third kappa shape index (κ3) is 13.0. The summed E-state index contributed by atoms with van der Waals surface area (Å²) in [5.41, 5.74) is -1.06. The fraction of sp³-hybridized carbons (Fsp3) is 0.882. The number of unbranched alkanes of at least 4 members (excludes halogenated alkanes) is 1. The molecule has 7 nitrogen and oxygen atoms in total. The average Bonchev–Trinajstić information content (AvgIpc) is 2.37. The summed E-state index contributed by atoms with van der Waals surface area (Å²) in [4.78, 5) is 25.2. The van der Waals surface area contributed by atoms with Crippen molar-refractivity contribution in [3.05, 3.63) is 0 Å². The zero-order valence-electron chi connectivity index (χ0n) is 16.0. The molecule has 7 heteroatoms. The van der Waals surface area contributed by atoms with Crippen molar-refractivity contribution in [2.45, 2.75) is 72.0 Å². The summed E-state index contributed by atoms with van der Waals surface area (Å²) in [6.07, 6.45) is 1.14. The van der Waals surface area contributed by atoms with Crippen LogP contribution in [0.1, 0.15) is 60.8 Å². The van der Waals surface area contributed by atoms with Crippen LogP contribution in [0.4, 0.5) is 9.59 Å². The SMILES string of the molecule is CC(C)(C)OC(=O)NCCCCN(CCCO)C(=O)OC(C)(C)C. The minimum Gasteiger partial charge on any atom is -0.444 e. The molecular weight excluding hydrogens is 312 g/mol. The molecule has 0 spiro atoms. The van der Waals surface area contributed by atoms with E-state index in [9.17, 15) is 9.59 Å². The first-order chi connectivity index (χ1) is 10.9. The highest BCUT2D eigenvalue weighted by molar-refractivity contribution is 5.68. The average molecular weight is 346 g/mol. The number of carbonyl (C=O) groups excluding carboxylic acids is 2. The van der Waals surface area contributed by atoms with Gasteiger partial charge in [-0.1, -0.05) is 0 Å². The smallest absolute Gasteiger partial charge is 0.410 e. The number of hydrogen-bond donors (Lipinski definition) is 2. The monoisotopic (exact) mass is 346 g/mol. The van der Waals surface area contributed by atoms with Crippen LogP contribution in [0, 0.1) is 0 Å². The van der Waals surface area contributed by atoms with Gasteiger partial charge in [-0.3, -0.25) is 0 Å². The molecule has 0 rings (SSSR count). The quantitative estimate of drug-likeness (QED) is 0.660. The van der Waals surface area contributed by atoms with Crippen molar-refractivity contribution in [3.8, 4) is 0 Å². The number of carbonyl (C=O) groups is 2. The summed E-state index contributed by atoms with van der Waals surface area (Å²) < 4.78 is 10.5.